The van der Waals surface area contributed by atoms with Crippen LogP contribution in [0.15, 0.2) is 107 Å². The Labute approximate surface area is 220 Å². The molecule has 0 bridgehead atoms. The first-order chi connectivity index (χ1) is 17.0. The molecule has 0 atom stereocenters. The normalized spacial score (nSPS) is 11.5. The molecule has 36 heavy (non-hydrogen) atoms. The zero-order valence-electron chi connectivity index (χ0n) is 18.5. The minimum absolute atomic E-state index is 0. The van der Waals surface area contributed by atoms with E-state index in [1.54, 1.807) is 6.07 Å². The Morgan fingerprint density at radius 2 is 1.47 bits per heavy atom. The third-order valence-corrected chi connectivity index (χ3v) is 6.59. The van der Waals surface area contributed by atoms with E-state index in [9.17, 15) is 8.42 Å². The van der Waals surface area contributed by atoms with Crippen LogP contribution in [0.1, 0.15) is 0 Å². The first kappa shape index (κ1) is 24.0. The van der Waals surface area contributed by atoms with E-state index in [0.29, 0.717) is 5.76 Å². The Hall–Kier alpha value is -3.68. The van der Waals surface area contributed by atoms with Crippen molar-refractivity contribution in [2.75, 3.05) is 0 Å². The average Bonchev–Trinajstić information content (AvgIpc) is 3.46. The molecule has 1 N–H and O–H groups in total. The minimum Gasteiger partial charge on any atom is -0.518 e. The summed E-state index contributed by atoms with van der Waals surface area (Å²) in [7, 11) is -4.11. The smallest absolute Gasteiger partial charge is 0.312 e. The predicted octanol–water partition coefficient (Wildman–Crippen LogP) is 6.42. The van der Waals surface area contributed by atoms with E-state index >= 15 is 0 Å². The first-order valence-electron chi connectivity index (χ1n) is 10.8. The van der Waals surface area contributed by atoms with E-state index in [-0.39, 0.29) is 25.1 Å². The van der Waals surface area contributed by atoms with Crippen LogP contribution in [-0.2, 0) is 30.2 Å². The van der Waals surface area contributed by atoms with Gasteiger partial charge in [0.25, 0.3) is 0 Å². The Morgan fingerprint density at radius 1 is 0.778 bits per heavy atom. The quantitative estimate of drug-likeness (QED) is 0.169. The van der Waals surface area contributed by atoms with Gasteiger partial charge in [-0.3, -0.25) is 9.54 Å². The fraction of sp³-hybridized carbons (Fsp3) is 0. The van der Waals surface area contributed by atoms with Crippen molar-refractivity contribution in [3.8, 4) is 33.7 Å². The Morgan fingerprint density at radius 3 is 2.17 bits per heavy atom. The SMILES string of the molecule is O=S(=O)(O)c1ccccn1.[Ir].[c-]1c(-c2cc3c4c(cccc4n2)-c2ccccc2-3)oc2ccccc12. The van der Waals surface area contributed by atoms with Crippen molar-refractivity contribution >= 4 is 32.0 Å². The molecule has 3 aromatic heterocycles. The number of fused-ring (bicyclic) bond motifs is 4. The van der Waals surface area contributed by atoms with Gasteiger partial charge in [-0.1, -0.05) is 66.7 Å². The van der Waals surface area contributed by atoms with Crippen LogP contribution in [0.3, 0.4) is 0 Å². The maximum atomic E-state index is 10.3. The summed E-state index contributed by atoms with van der Waals surface area (Å²) in [5.41, 5.74) is 7.67. The standard InChI is InChI=1S/C23H12NO.C5H5NO3S.Ir/c1-4-11-21-14(6-1)12-22(25-21)20-13-18-16-8-3-2-7-15(16)17-9-5-10-19(24-20)23(17)18;7-10(8,9)5-3-1-2-4-6-5;/h1-11,13H;1-4H,(H,7,8,9);/q-1;;. The van der Waals surface area contributed by atoms with Gasteiger partial charge < -0.3 is 4.42 Å². The van der Waals surface area contributed by atoms with Gasteiger partial charge >= 0.3 is 10.1 Å². The molecule has 8 heteroatoms. The van der Waals surface area contributed by atoms with Gasteiger partial charge in [-0.25, -0.2) is 4.98 Å². The van der Waals surface area contributed by atoms with Crippen LogP contribution < -0.4 is 0 Å². The molecule has 179 valence electrons. The summed E-state index contributed by atoms with van der Waals surface area (Å²) in [5, 5.41) is 1.88. The topological polar surface area (TPSA) is 93.3 Å². The molecule has 0 saturated heterocycles. The molecule has 0 unspecified atom stereocenters. The Balaban J connectivity index is 0.000000207. The third kappa shape index (κ3) is 4.25. The number of benzene rings is 3. The minimum atomic E-state index is -4.11. The fourth-order valence-corrected chi connectivity index (χ4v) is 4.77. The Bertz CT molecular complexity index is 1800. The van der Waals surface area contributed by atoms with Gasteiger partial charge in [0.1, 0.15) is 0 Å². The van der Waals surface area contributed by atoms with E-state index in [4.69, 9.17) is 14.0 Å². The molecule has 3 aromatic carbocycles. The van der Waals surface area contributed by atoms with Crippen LogP contribution in [0.4, 0.5) is 0 Å². The van der Waals surface area contributed by atoms with Gasteiger partial charge in [0.05, 0.1) is 11.3 Å². The van der Waals surface area contributed by atoms with Crippen LogP contribution in [0.5, 0.6) is 0 Å². The van der Waals surface area contributed by atoms with Gasteiger partial charge in [-0.2, -0.15) is 8.42 Å². The molecule has 0 saturated carbocycles. The zero-order chi connectivity index (χ0) is 24.0. The van der Waals surface area contributed by atoms with Crippen LogP contribution in [-0.4, -0.2) is 22.9 Å². The number of para-hydroxylation sites is 1. The van der Waals surface area contributed by atoms with E-state index in [1.165, 1.54) is 46.0 Å². The fourth-order valence-electron chi connectivity index (χ4n) is 4.33. The maximum absolute atomic E-state index is 10.3. The largest absolute Gasteiger partial charge is 0.518 e. The van der Waals surface area contributed by atoms with Crippen LogP contribution in [0, 0.1) is 6.07 Å². The molecule has 1 radical (unpaired) electrons. The molecule has 1 aliphatic rings. The van der Waals surface area contributed by atoms with Crippen LogP contribution >= 0.6 is 0 Å². The van der Waals surface area contributed by atoms with Gasteiger partial charge in [0.15, 0.2) is 5.03 Å². The molecule has 0 amide bonds. The summed E-state index contributed by atoms with van der Waals surface area (Å²) in [5.74, 6) is 0.689. The van der Waals surface area contributed by atoms with E-state index in [0.717, 1.165) is 22.2 Å². The van der Waals surface area contributed by atoms with Crippen molar-refractivity contribution in [3.05, 3.63) is 103 Å². The van der Waals surface area contributed by atoms with Crippen molar-refractivity contribution in [1.29, 1.82) is 0 Å². The molecule has 0 aliphatic heterocycles. The van der Waals surface area contributed by atoms with E-state index in [1.807, 2.05) is 24.3 Å². The molecule has 1 aliphatic carbocycles. The average molecular weight is 670 g/mol. The second kappa shape index (κ2) is 9.41. The zero-order valence-corrected chi connectivity index (χ0v) is 21.8. The van der Waals surface area contributed by atoms with Crippen LogP contribution in [0.2, 0.25) is 0 Å². The number of nitrogens with zero attached hydrogens (tertiary/aromatic N) is 2. The molecule has 7 rings (SSSR count). The van der Waals surface area contributed by atoms with Gasteiger partial charge in [0.2, 0.25) is 0 Å². The van der Waals surface area contributed by atoms with Crippen molar-refractivity contribution in [1.82, 2.24) is 9.97 Å². The van der Waals surface area contributed by atoms with E-state index in [2.05, 4.69) is 59.6 Å². The molecule has 6 nitrogen and oxygen atoms in total. The van der Waals surface area contributed by atoms with Gasteiger partial charge in [-0.15, -0.1) is 17.5 Å². The second-order valence-electron chi connectivity index (χ2n) is 8.00. The number of hydrogen-bond acceptors (Lipinski definition) is 5. The molecular weight excluding hydrogens is 653 g/mol. The van der Waals surface area contributed by atoms with E-state index < -0.39 is 10.1 Å². The summed E-state index contributed by atoms with van der Waals surface area (Å²) < 4.78 is 35.0. The van der Waals surface area contributed by atoms with Crippen molar-refractivity contribution in [2.45, 2.75) is 5.03 Å². The summed E-state index contributed by atoms with van der Waals surface area (Å²) in [6.07, 6.45) is 1.29. The Kier molecular flexibility index (Phi) is 6.28. The summed E-state index contributed by atoms with van der Waals surface area (Å²) >= 11 is 0. The van der Waals surface area contributed by atoms with Gasteiger partial charge in [-0.05, 0) is 40.5 Å². The molecule has 0 fully saturated rings. The molecule has 0 spiro atoms. The van der Waals surface area contributed by atoms with Crippen LogP contribution in [0.25, 0.3) is 55.6 Å². The number of pyridine rings is 2. The third-order valence-electron chi connectivity index (χ3n) is 5.82. The number of aromatic nitrogens is 2. The van der Waals surface area contributed by atoms with Crippen molar-refractivity contribution < 1.29 is 37.5 Å². The predicted molar refractivity (Wildman–Crippen MR) is 134 cm³/mol. The number of furan rings is 1. The molecule has 3 heterocycles. The van der Waals surface area contributed by atoms with Crippen molar-refractivity contribution in [3.63, 3.8) is 0 Å². The molecule has 6 aromatic rings. The number of rotatable bonds is 2. The summed E-state index contributed by atoms with van der Waals surface area (Å²) in [4.78, 5) is 8.27. The second-order valence-corrected chi connectivity index (χ2v) is 9.36. The number of hydrogen-bond donors (Lipinski definition) is 1. The summed E-state index contributed by atoms with van der Waals surface area (Å²) in [6.45, 7) is 0. The van der Waals surface area contributed by atoms with Crippen molar-refractivity contribution in [2.24, 2.45) is 0 Å². The summed E-state index contributed by atoms with van der Waals surface area (Å²) in [6, 6.07) is 32.5. The monoisotopic (exact) mass is 670 g/mol. The van der Waals surface area contributed by atoms with Gasteiger partial charge in [0, 0.05) is 43.0 Å². The maximum Gasteiger partial charge on any atom is 0.312 e. The molecular formula is C28H17IrN2O4S-. The first-order valence-corrected chi connectivity index (χ1v) is 12.3.